The summed E-state index contributed by atoms with van der Waals surface area (Å²) < 4.78 is 20.9. The molecule has 1 atom stereocenters. The minimum Gasteiger partial charge on any atom is -0.487 e. The Morgan fingerprint density at radius 1 is 1.24 bits per heavy atom. The van der Waals surface area contributed by atoms with Crippen molar-refractivity contribution in [1.82, 2.24) is 4.90 Å². The molecule has 0 saturated heterocycles. The van der Waals surface area contributed by atoms with Crippen LogP contribution in [0.15, 0.2) is 72.3 Å². The molecule has 2 aliphatic rings. The number of nitrogens with two attached hydrogens (primary N) is 1. The lowest BCUT2D eigenvalue weighted by molar-refractivity contribution is -0.129. The first-order valence-corrected chi connectivity index (χ1v) is 10.8. The molecule has 4 rings (SSSR count). The first kappa shape index (κ1) is 22.5. The van der Waals surface area contributed by atoms with Gasteiger partial charge in [-0.3, -0.25) is 9.69 Å². The summed E-state index contributed by atoms with van der Waals surface area (Å²) in [5.74, 6) is 0.187. The van der Waals surface area contributed by atoms with E-state index in [0.29, 0.717) is 28.7 Å². The average Bonchev–Trinajstić information content (AvgIpc) is 3.21. The number of fused-ring (bicyclic) bond motifs is 1. The third kappa shape index (κ3) is 3.65. The zero-order valence-corrected chi connectivity index (χ0v) is 19.4. The van der Waals surface area contributed by atoms with Crippen LogP contribution in [0.2, 0.25) is 0 Å². The van der Waals surface area contributed by atoms with Gasteiger partial charge in [0.2, 0.25) is 0 Å². The number of amides is 1. The highest BCUT2D eigenvalue weighted by Crippen LogP contribution is 2.44. The van der Waals surface area contributed by atoms with Crippen molar-refractivity contribution in [2.45, 2.75) is 38.3 Å². The number of aliphatic imine (C=N–C) groups is 1. The van der Waals surface area contributed by atoms with E-state index in [1.165, 1.54) is 11.0 Å². The Bertz CT molecular complexity index is 1240. The van der Waals surface area contributed by atoms with Gasteiger partial charge in [-0.05, 0) is 67.3 Å². The third-order valence-electron chi connectivity index (χ3n) is 6.10. The number of rotatable bonds is 5. The van der Waals surface area contributed by atoms with Crippen molar-refractivity contribution >= 4 is 17.4 Å². The minimum atomic E-state index is -1.42. The van der Waals surface area contributed by atoms with E-state index in [9.17, 15) is 9.18 Å². The van der Waals surface area contributed by atoms with Crippen LogP contribution in [0.4, 0.5) is 4.39 Å². The number of carbonyl (C=O) groups is 1. The highest BCUT2D eigenvalue weighted by atomic mass is 19.1. The number of nitrogens with zero attached hydrogens (tertiary/aromatic N) is 2. The lowest BCUT2D eigenvalue weighted by atomic mass is 9.80. The van der Waals surface area contributed by atoms with Gasteiger partial charge in [-0.25, -0.2) is 9.38 Å². The molecule has 2 aliphatic heterocycles. The van der Waals surface area contributed by atoms with E-state index in [4.69, 9.17) is 10.5 Å². The van der Waals surface area contributed by atoms with E-state index < -0.39 is 11.4 Å². The second-order valence-corrected chi connectivity index (χ2v) is 8.95. The number of carbonyl (C=O) groups excluding carboxylic acids is 1. The molecule has 2 aromatic carbocycles. The van der Waals surface area contributed by atoms with Crippen LogP contribution < -0.4 is 10.5 Å². The van der Waals surface area contributed by atoms with Crippen molar-refractivity contribution < 1.29 is 13.9 Å². The summed E-state index contributed by atoms with van der Waals surface area (Å²) >= 11 is 0. The molecule has 170 valence electrons. The molecule has 2 heterocycles. The summed E-state index contributed by atoms with van der Waals surface area (Å²) in [6.45, 7) is 9.74. The van der Waals surface area contributed by atoms with Crippen LogP contribution in [0.5, 0.6) is 5.75 Å². The highest BCUT2D eigenvalue weighted by Gasteiger charge is 2.50. The summed E-state index contributed by atoms with van der Waals surface area (Å²) in [5, 5.41) is 0. The van der Waals surface area contributed by atoms with Gasteiger partial charge in [0.25, 0.3) is 5.91 Å². The van der Waals surface area contributed by atoms with E-state index in [0.717, 1.165) is 11.3 Å². The van der Waals surface area contributed by atoms with Crippen LogP contribution in [-0.2, 0) is 16.8 Å². The molecular formula is C27H28FN3O2. The fraction of sp³-hybridized carbons (Fsp3) is 0.259. The quantitative estimate of drug-likeness (QED) is 0.678. The molecule has 0 aliphatic carbocycles. The van der Waals surface area contributed by atoms with Gasteiger partial charge in [0.1, 0.15) is 17.2 Å². The van der Waals surface area contributed by atoms with Gasteiger partial charge in [-0.1, -0.05) is 43.0 Å². The second kappa shape index (κ2) is 8.03. The first-order chi connectivity index (χ1) is 15.6. The van der Waals surface area contributed by atoms with E-state index in [2.05, 4.69) is 11.6 Å². The summed E-state index contributed by atoms with van der Waals surface area (Å²) in [7, 11) is 1.59. The Balaban J connectivity index is 1.94. The van der Waals surface area contributed by atoms with Crippen molar-refractivity contribution in [3.63, 3.8) is 0 Å². The molecule has 0 bridgehead atoms. The Labute approximate surface area is 193 Å². The molecule has 0 aromatic heterocycles. The fourth-order valence-electron chi connectivity index (χ4n) is 4.46. The van der Waals surface area contributed by atoms with Crippen molar-refractivity contribution in [3.05, 3.63) is 95.4 Å². The number of hydrogen-bond donors (Lipinski definition) is 1. The lowest BCUT2D eigenvalue weighted by Gasteiger charge is -2.27. The lowest BCUT2D eigenvalue weighted by Crippen LogP contribution is -2.41. The SMILES string of the molecule is C=C/C(=C\C=C/C)c1cc(C2(c3ccc4c(c3)CC(C)(C)O4)N=C(N)N(C)C2=O)ccc1F. The molecule has 0 saturated carbocycles. The van der Waals surface area contributed by atoms with E-state index >= 15 is 0 Å². The Kier molecular flexibility index (Phi) is 5.48. The van der Waals surface area contributed by atoms with Crippen molar-refractivity contribution in [3.8, 4) is 5.75 Å². The van der Waals surface area contributed by atoms with Crippen LogP contribution in [0.1, 0.15) is 43.0 Å². The van der Waals surface area contributed by atoms with Gasteiger partial charge in [-0.2, -0.15) is 0 Å². The van der Waals surface area contributed by atoms with E-state index in [-0.39, 0.29) is 17.5 Å². The smallest absolute Gasteiger partial charge is 0.266 e. The number of halogens is 1. The number of likely N-dealkylation sites (N-methyl/N-ethyl adjacent to an activating group) is 1. The standard InChI is InChI=1S/C27H28FN3O2/c1-6-8-9-17(7-2)21-15-20(10-12-22(21)28)27(24(32)31(5)25(29)30-27)19-11-13-23-18(14-19)16-26(3,4)33-23/h6-15H,2,16H2,1,3-5H3,(H2,29,30)/b8-6-,17-9+. The average molecular weight is 446 g/mol. The molecule has 6 heteroatoms. The van der Waals surface area contributed by atoms with Crippen molar-refractivity contribution in [2.75, 3.05) is 7.05 Å². The van der Waals surface area contributed by atoms with Gasteiger partial charge in [-0.15, -0.1) is 0 Å². The second-order valence-electron chi connectivity index (χ2n) is 8.95. The van der Waals surface area contributed by atoms with E-state index in [1.807, 2.05) is 51.1 Å². The number of allylic oxidation sites excluding steroid dienone is 5. The molecule has 0 radical (unpaired) electrons. The molecule has 0 spiro atoms. The van der Waals surface area contributed by atoms with Crippen molar-refractivity contribution in [1.29, 1.82) is 0 Å². The largest absolute Gasteiger partial charge is 0.487 e. The van der Waals surface area contributed by atoms with E-state index in [1.54, 1.807) is 31.3 Å². The molecule has 0 fully saturated rings. The Hall–Kier alpha value is -3.67. The van der Waals surface area contributed by atoms with Crippen LogP contribution >= 0.6 is 0 Å². The molecule has 1 unspecified atom stereocenters. The monoisotopic (exact) mass is 445 g/mol. The van der Waals surface area contributed by atoms with Crippen LogP contribution in [-0.4, -0.2) is 29.4 Å². The molecular weight excluding hydrogens is 417 g/mol. The van der Waals surface area contributed by atoms with Gasteiger partial charge in [0.15, 0.2) is 11.5 Å². The van der Waals surface area contributed by atoms with Crippen molar-refractivity contribution in [2.24, 2.45) is 10.7 Å². The molecule has 1 amide bonds. The van der Waals surface area contributed by atoms with Gasteiger partial charge >= 0.3 is 0 Å². The van der Waals surface area contributed by atoms with Gasteiger partial charge in [0, 0.05) is 19.0 Å². The fourth-order valence-corrected chi connectivity index (χ4v) is 4.46. The van der Waals surface area contributed by atoms with Crippen LogP contribution in [0, 0.1) is 5.82 Å². The maximum absolute atomic E-state index is 14.9. The van der Waals surface area contributed by atoms with Gasteiger partial charge < -0.3 is 10.5 Å². The first-order valence-electron chi connectivity index (χ1n) is 10.8. The topological polar surface area (TPSA) is 67.9 Å². The predicted octanol–water partition coefficient (Wildman–Crippen LogP) is 4.72. The maximum atomic E-state index is 14.9. The summed E-state index contributed by atoms with van der Waals surface area (Å²) in [6.07, 6.45) is 7.73. The summed E-state index contributed by atoms with van der Waals surface area (Å²) in [5.41, 5.74) is 7.49. The Morgan fingerprint density at radius 3 is 2.58 bits per heavy atom. The number of benzene rings is 2. The third-order valence-corrected chi connectivity index (χ3v) is 6.10. The molecule has 2 aromatic rings. The van der Waals surface area contributed by atoms with Crippen LogP contribution in [0.25, 0.3) is 5.57 Å². The minimum absolute atomic E-state index is 0.108. The van der Waals surface area contributed by atoms with Gasteiger partial charge in [0.05, 0.1) is 0 Å². The normalized spacial score (nSPS) is 21.8. The van der Waals surface area contributed by atoms with Crippen LogP contribution in [0.3, 0.4) is 0 Å². The Morgan fingerprint density at radius 2 is 1.94 bits per heavy atom. The number of ether oxygens (including phenoxy) is 1. The molecule has 5 nitrogen and oxygen atoms in total. The zero-order chi connectivity index (χ0) is 24.0. The highest BCUT2D eigenvalue weighted by molar-refractivity contribution is 6.09. The summed E-state index contributed by atoms with van der Waals surface area (Å²) in [6, 6.07) is 10.3. The zero-order valence-electron chi connectivity index (χ0n) is 19.4. The summed E-state index contributed by atoms with van der Waals surface area (Å²) in [4.78, 5) is 19.6. The predicted molar refractivity (Wildman–Crippen MR) is 129 cm³/mol. The maximum Gasteiger partial charge on any atom is 0.266 e. The molecule has 33 heavy (non-hydrogen) atoms. The molecule has 2 N–H and O–H groups in total. The number of hydrogen-bond acceptors (Lipinski definition) is 4. The number of guanidine groups is 1.